The van der Waals surface area contributed by atoms with Gasteiger partial charge in [-0.05, 0) is 51.4 Å². The Bertz CT molecular complexity index is 1040. The van der Waals surface area contributed by atoms with Gasteiger partial charge in [-0.25, -0.2) is 4.98 Å². The number of aromatic nitrogens is 2. The van der Waals surface area contributed by atoms with Crippen LogP contribution in [0.1, 0.15) is 28.0 Å². The second kappa shape index (κ2) is 8.15. The first-order chi connectivity index (χ1) is 13.5. The molecule has 3 aromatic rings. The highest BCUT2D eigenvalue weighted by Crippen LogP contribution is 2.33. The van der Waals surface area contributed by atoms with E-state index in [1.807, 2.05) is 14.1 Å². The van der Waals surface area contributed by atoms with Crippen LogP contribution >= 0.6 is 11.3 Å². The third-order valence-electron chi connectivity index (χ3n) is 5.50. The van der Waals surface area contributed by atoms with Gasteiger partial charge in [0.25, 0.3) is 5.56 Å². The number of fused-ring (bicyclic) bond motifs is 3. The number of nitrogens with one attached hydrogen (secondary N) is 1. The molecule has 0 radical (unpaired) electrons. The summed E-state index contributed by atoms with van der Waals surface area (Å²) in [4.78, 5) is 21.9. The van der Waals surface area contributed by atoms with Crippen LogP contribution in [0, 0.1) is 6.92 Å². The topological polar surface area (TPSA) is 50.2 Å². The average Bonchev–Trinajstić information content (AvgIpc) is 3.04. The van der Waals surface area contributed by atoms with Gasteiger partial charge in [-0.15, -0.1) is 11.3 Å². The van der Waals surface area contributed by atoms with E-state index in [-0.39, 0.29) is 5.56 Å². The fraction of sp³-hybridized carbons (Fsp3) is 0.455. The maximum atomic E-state index is 13.0. The summed E-state index contributed by atoms with van der Waals surface area (Å²) in [7, 11) is 4.04. The predicted molar refractivity (Wildman–Crippen MR) is 116 cm³/mol. The maximum Gasteiger partial charge on any atom is 0.262 e. The molecule has 0 spiro atoms. The molecule has 5 nitrogen and oxygen atoms in total. The van der Waals surface area contributed by atoms with Crippen molar-refractivity contribution in [3.63, 3.8) is 0 Å². The average molecular weight is 397 g/mol. The summed E-state index contributed by atoms with van der Waals surface area (Å²) in [6.45, 7) is 4.54. The summed E-state index contributed by atoms with van der Waals surface area (Å²) in [5, 5.41) is 4.57. The minimum absolute atomic E-state index is 0.121. The zero-order chi connectivity index (χ0) is 19.7. The van der Waals surface area contributed by atoms with Crippen LogP contribution in [0.2, 0.25) is 0 Å². The van der Waals surface area contributed by atoms with Crippen molar-refractivity contribution in [2.24, 2.45) is 0 Å². The third-order valence-corrected chi connectivity index (χ3v) is 6.66. The molecule has 4 rings (SSSR count). The van der Waals surface area contributed by atoms with E-state index in [1.165, 1.54) is 21.6 Å². The summed E-state index contributed by atoms with van der Waals surface area (Å²) < 4.78 is 1.76. The zero-order valence-electron chi connectivity index (χ0n) is 16.9. The number of thiophene rings is 1. The number of hydrogen-bond donors (Lipinski definition) is 1. The SMILES string of the molecule is Cc1cccc(CNC2CCc3c(sc4ncn(CCN(C)C)c(=O)c34)C2)c1. The second-order valence-electron chi connectivity index (χ2n) is 8.04. The summed E-state index contributed by atoms with van der Waals surface area (Å²) >= 11 is 1.70. The van der Waals surface area contributed by atoms with Gasteiger partial charge in [0.05, 0.1) is 11.7 Å². The smallest absolute Gasteiger partial charge is 0.262 e. The van der Waals surface area contributed by atoms with Crippen LogP contribution in [0.5, 0.6) is 0 Å². The molecule has 148 valence electrons. The number of aryl methyl sites for hydroxylation is 2. The normalized spacial score (nSPS) is 16.6. The lowest BCUT2D eigenvalue weighted by Crippen LogP contribution is -2.34. The second-order valence-corrected chi connectivity index (χ2v) is 9.12. The van der Waals surface area contributed by atoms with Gasteiger partial charge in [-0.1, -0.05) is 29.8 Å². The van der Waals surface area contributed by atoms with E-state index in [2.05, 4.69) is 46.4 Å². The van der Waals surface area contributed by atoms with Crippen molar-refractivity contribution in [3.05, 3.63) is 62.5 Å². The molecule has 0 amide bonds. The third kappa shape index (κ3) is 4.04. The van der Waals surface area contributed by atoms with Crippen LogP contribution < -0.4 is 10.9 Å². The summed E-state index contributed by atoms with van der Waals surface area (Å²) in [5.41, 5.74) is 3.99. The van der Waals surface area contributed by atoms with Crippen LogP contribution in [0.15, 0.2) is 35.4 Å². The lowest BCUT2D eigenvalue weighted by molar-refractivity contribution is 0.380. The van der Waals surface area contributed by atoms with E-state index < -0.39 is 0 Å². The highest BCUT2D eigenvalue weighted by molar-refractivity contribution is 7.18. The van der Waals surface area contributed by atoms with Gasteiger partial charge in [0.2, 0.25) is 0 Å². The number of rotatable bonds is 6. The Kier molecular flexibility index (Phi) is 5.62. The predicted octanol–water partition coefficient (Wildman–Crippen LogP) is 2.98. The lowest BCUT2D eigenvalue weighted by atomic mass is 9.93. The number of nitrogens with zero attached hydrogens (tertiary/aromatic N) is 3. The molecule has 1 aliphatic carbocycles. The molecule has 0 aliphatic heterocycles. The molecular formula is C22H28N4OS. The molecule has 0 saturated carbocycles. The zero-order valence-corrected chi connectivity index (χ0v) is 17.7. The van der Waals surface area contributed by atoms with Crippen molar-refractivity contribution in [3.8, 4) is 0 Å². The van der Waals surface area contributed by atoms with Gasteiger partial charge in [0.15, 0.2) is 0 Å². The van der Waals surface area contributed by atoms with E-state index in [1.54, 1.807) is 22.2 Å². The van der Waals surface area contributed by atoms with Crippen molar-refractivity contribution in [1.82, 2.24) is 19.8 Å². The fourth-order valence-corrected chi connectivity index (χ4v) is 5.18. The van der Waals surface area contributed by atoms with Gasteiger partial charge in [0, 0.05) is 30.6 Å². The first-order valence-electron chi connectivity index (χ1n) is 9.94. The Morgan fingerprint density at radius 3 is 3.00 bits per heavy atom. The summed E-state index contributed by atoms with van der Waals surface area (Å²) in [5.74, 6) is 0. The molecule has 2 heterocycles. The lowest BCUT2D eigenvalue weighted by Gasteiger charge is -2.23. The van der Waals surface area contributed by atoms with Gasteiger partial charge >= 0.3 is 0 Å². The Balaban J connectivity index is 1.51. The molecule has 0 saturated heterocycles. The first-order valence-corrected chi connectivity index (χ1v) is 10.8. The van der Waals surface area contributed by atoms with Crippen molar-refractivity contribution in [1.29, 1.82) is 0 Å². The molecule has 0 fully saturated rings. The molecule has 1 aliphatic rings. The van der Waals surface area contributed by atoms with Crippen molar-refractivity contribution >= 4 is 21.6 Å². The monoisotopic (exact) mass is 396 g/mol. The standard InChI is InChI=1S/C22H28N4OS/c1-15-5-4-6-16(11-15)13-23-17-7-8-18-19(12-17)28-21-20(18)22(27)26(14-24-21)10-9-25(2)3/h4-6,11,14,17,23H,7-10,12-13H2,1-3H3. The molecule has 2 aromatic heterocycles. The van der Waals surface area contributed by atoms with Gasteiger partial charge in [-0.3, -0.25) is 9.36 Å². The molecule has 1 N–H and O–H groups in total. The van der Waals surface area contributed by atoms with E-state index in [0.717, 1.165) is 42.6 Å². The highest BCUT2D eigenvalue weighted by Gasteiger charge is 2.25. The van der Waals surface area contributed by atoms with Gasteiger partial charge < -0.3 is 10.2 Å². The largest absolute Gasteiger partial charge is 0.310 e. The minimum atomic E-state index is 0.121. The summed E-state index contributed by atoms with van der Waals surface area (Å²) in [6.07, 6.45) is 4.72. The molecular weight excluding hydrogens is 368 g/mol. The molecule has 1 unspecified atom stereocenters. The Morgan fingerprint density at radius 1 is 1.36 bits per heavy atom. The van der Waals surface area contributed by atoms with E-state index in [4.69, 9.17) is 0 Å². The summed E-state index contributed by atoms with van der Waals surface area (Å²) in [6, 6.07) is 9.11. The molecule has 28 heavy (non-hydrogen) atoms. The van der Waals surface area contributed by atoms with Crippen molar-refractivity contribution in [2.45, 2.75) is 45.3 Å². The van der Waals surface area contributed by atoms with E-state index >= 15 is 0 Å². The Morgan fingerprint density at radius 2 is 2.21 bits per heavy atom. The van der Waals surface area contributed by atoms with E-state index in [0.29, 0.717) is 12.6 Å². The van der Waals surface area contributed by atoms with Crippen LogP contribution in [-0.4, -0.2) is 41.1 Å². The Hall–Kier alpha value is -2.02. The fourth-order valence-electron chi connectivity index (χ4n) is 3.93. The van der Waals surface area contributed by atoms with Crippen LogP contribution in [0.4, 0.5) is 0 Å². The quantitative estimate of drug-likeness (QED) is 0.696. The van der Waals surface area contributed by atoms with Crippen molar-refractivity contribution < 1.29 is 0 Å². The van der Waals surface area contributed by atoms with Gasteiger partial charge in [-0.2, -0.15) is 0 Å². The number of hydrogen-bond acceptors (Lipinski definition) is 5. The highest BCUT2D eigenvalue weighted by atomic mass is 32.1. The van der Waals surface area contributed by atoms with E-state index in [9.17, 15) is 4.79 Å². The van der Waals surface area contributed by atoms with Crippen LogP contribution in [0.25, 0.3) is 10.2 Å². The maximum absolute atomic E-state index is 13.0. The first kappa shape index (κ1) is 19.3. The minimum Gasteiger partial charge on any atom is -0.310 e. The van der Waals surface area contributed by atoms with Crippen LogP contribution in [0.3, 0.4) is 0 Å². The van der Waals surface area contributed by atoms with Crippen molar-refractivity contribution in [2.75, 3.05) is 20.6 Å². The molecule has 1 atom stereocenters. The number of benzene rings is 1. The molecule has 0 bridgehead atoms. The number of likely N-dealkylation sites (N-methyl/N-ethyl adjacent to an activating group) is 1. The Labute approximate surface area is 170 Å². The van der Waals surface area contributed by atoms with Crippen LogP contribution in [-0.2, 0) is 25.9 Å². The molecule has 6 heteroatoms. The molecule has 1 aromatic carbocycles. The van der Waals surface area contributed by atoms with Gasteiger partial charge in [0.1, 0.15) is 4.83 Å².